The van der Waals surface area contributed by atoms with Crippen molar-refractivity contribution >= 4 is 17.2 Å². The number of nitrogen functional groups attached to an aromatic ring is 1. The number of anilines is 3. The lowest BCUT2D eigenvalue weighted by atomic mass is 10.1. The molecular formula is C25H26N6O. The highest BCUT2D eigenvalue weighted by Gasteiger charge is 2.20. The number of nitrogens with zero attached hydrogens (tertiary/aromatic N) is 5. The molecule has 0 spiro atoms. The number of phenols is 1. The first-order valence-electron chi connectivity index (χ1n) is 11.1. The number of aromatic hydroxyl groups is 1. The standard InChI is InChI=1S/C25H26N6O/c26-25-23(17-22(28-29-25)21-4-1-2-5-24(21)32)31-13-3-12-30(14-15-31)20-10-11-27-19(16-20)9-8-18-6-7-18/h1-2,4-5,10-11,16-18,32H,3,6-7,12-15H2,(H2,26,29). The van der Waals surface area contributed by atoms with Crippen LogP contribution in [0.4, 0.5) is 17.2 Å². The number of nitrogens with two attached hydrogens (primary N) is 1. The van der Waals surface area contributed by atoms with Crippen LogP contribution in [0.3, 0.4) is 0 Å². The molecule has 0 radical (unpaired) electrons. The molecule has 0 atom stereocenters. The van der Waals surface area contributed by atoms with Gasteiger partial charge < -0.3 is 20.6 Å². The zero-order valence-electron chi connectivity index (χ0n) is 17.9. The van der Waals surface area contributed by atoms with E-state index < -0.39 is 0 Å². The first kappa shape index (κ1) is 20.1. The summed E-state index contributed by atoms with van der Waals surface area (Å²) in [7, 11) is 0. The average Bonchev–Trinajstić information content (AvgIpc) is 3.66. The minimum Gasteiger partial charge on any atom is -0.507 e. The Hall–Kier alpha value is -3.79. The minimum atomic E-state index is 0.179. The van der Waals surface area contributed by atoms with Gasteiger partial charge in [-0.3, -0.25) is 0 Å². The number of aromatic nitrogens is 3. The lowest BCUT2D eigenvalue weighted by Crippen LogP contribution is -2.31. The van der Waals surface area contributed by atoms with Crippen LogP contribution in [-0.2, 0) is 0 Å². The van der Waals surface area contributed by atoms with Gasteiger partial charge in [-0.05, 0) is 55.5 Å². The molecule has 162 valence electrons. The molecule has 0 bridgehead atoms. The molecule has 32 heavy (non-hydrogen) atoms. The Balaban J connectivity index is 1.34. The van der Waals surface area contributed by atoms with Crippen molar-refractivity contribution in [3.05, 3.63) is 54.4 Å². The van der Waals surface area contributed by atoms with E-state index in [1.807, 2.05) is 24.4 Å². The zero-order valence-corrected chi connectivity index (χ0v) is 17.9. The van der Waals surface area contributed by atoms with E-state index in [0.29, 0.717) is 23.0 Å². The highest BCUT2D eigenvalue weighted by atomic mass is 16.3. The monoisotopic (exact) mass is 426 g/mol. The van der Waals surface area contributed by atoms with Gasteiger partial charge in [-0.2, -0.15) is 0 Å². The molecule has 3 N–H and O–H groups in total. The van der Waals surface area contributed by atoms with E-state index in [1.54, 1.807) is 12.1 Å². The fourth-order valence-electron chi connectivity index (χ4n) is 3.97. The van der Waals surface area contributed by atoms with Crippen molar-refractivity contribution in [3.8, 4) is 28.8 Å². The lowest BCUT2D eigenvalue weighted by Gasteiger charge is -2.25. The smallest absolute Gasteiger partial charge is 0.169 e. The summed E-state index contributed by atoms with van der Waals surface area (Å²) in [5.74, 6) is 7.65. The Kier molecular flexibility index (Phi) is 5.51. The number of para-hydroxylation sites is 1. The van der Waals surface area contributed by atoms with Gasteiger partial charge in [0.25, 0.3) is 0 Å². The number of benzene rings is 1. The molecule has 3 aromatic rings. The molecule has 0 amide bonds. The summed E-state index contributed by atoms with van der Waals surface area (Å²) in [6.07, 6.45) is 5.26. The van der Waals surface area contributed by atoms with Crippen molar-refractivity contribution in [1.82, 2.24) is 15.2 Å². The van der Waals surface area contributed by atoms with Crippen LogP contribution in [0.15, 0.2) is 48.7 Å². The Morgan fingerprint density at radius 3 is 2.62 bits per heavy atom. The van der Waals surface area contributed by atoms with E-state index in [2.05, 4.69) is 49.0 Å². The third-order valence-corrected chi connectivity index (χ3v) is 5.91. The van der Waals surface area contributed by atoms with Crippen molar-refractivity contribution in [2.24, 2.45) is 5.92 Å². The van der Waals surface area contributed by atoms with Crippen molar-refractivity contribution < 1.29 is 5.11 Å². The fourth-order valence-corrected chi connectivity index (χ4v) is 3.97. The van der Waals surface area contributed by atoms with E-state index in [-0.39, 0.29) is 5.75 Å². The van der Waals surface area contributed by atoms with Crippen molar-refractivity contribution in [1.29, 1.82) is 0 Å². The lowest BCUT2D eigenvalue weighted by molar-refractivity contribution is 0.477. The van der Waals surface area contributed by atoms with Gasteiger partial charge in [-0.15, -0.1) is 10.2 Å². The molecule has 2 aromatic heterocycles. The molecule has 5 rings (SSSR count). The van der Waals surface area contributed by atoms with Gasteiger partial charge in [0.15, 0.2) is 5.82 Å². The van der Waals surface area contributed by atoms with E-state index in [9.17, 15) is 5.11 Å². The SMILES string of the molecule is Nc1nnc(-c2ccccc2O)cc1N1CCCN(c2ccnc(C#CC3CC3)c2)CC1. The first-order valence-corrected chi connectivity index (χ1v) is 11.1. The second-order valence-electron chi connectivity index (χ2n) is 8.29. The van der Waals surface area contributed by atoms with Gasteiger partial charge in [-0.1, -0.05) is 18.1 Å². The van der Waals surface area contributed by atoms with Crippen molar-refractivity contribution in [3.63, 3.8) is 0 Å². The molecule has 7 heteroatoms. The zero-order chi connectivity index (χ0) is 21.9. The third kappa shape index (κ3) is 4.45. The van der Waals surface area contributed by atoms with Crippen LogP contribution in [0.2, 0.25) is 0 Å². The van der Waals surface area contributed by atoms with Crippen LogP contribution in [-0.4, -0.2) is 46.5 Å². The molecule has 7 nitrogen and oxygen atoms in total. The quantitative estimate of drug-likeness (QED) is 0.621. The minimum absolute atomic E-state index is 0.179. The predicted octanol–water partition coefficient (Wildman–Crippen LogP) is 3.30. The first-order chi connectivity index (χ1) is 15.7. The van der Waals surface area contributed by atoms with Crippen LogP contribution >= 0.6 is 0 Å². The van der Waals surface area contributed by atoms with Crippen LogP contribution in [0.1, 0.15) is 25.0 Å². The van der Waals surface area contributed by atoms with E-state index in [0.717, 1.165) is 49.7 Å². The van der Waals surface area contributed by atoms with E-state index >= 15 is 0 Å². The molecule has 1 aliphatic carbocycles. The highest BCUT2D eigenvalue weighted by molar-refractivity contribution is 5.74. The Morgan fingerprint density at radius 1 is 0.969 bits per heavy atom. The molecule has 2 fully saturated rings. The van der Waals surface area contributed by atoms with Gasteiger partial charge in [0.1, 0.15) is 11.4 Å². The molecule has 1 saturated carbocycles. The summed E-state index contributed by atoms with van der Waals surface area (Å²) in [6, 6.07) is 13.2. The summed E-state index contributed by atoms with van der Waals surface area (Å²) in [5.41, 5.74) is 10.3. The second kappa shape index (κ2) is 8.75. The molecular weight excluding hydrogens is 400 g/mol. The molecule has 1 aliphatic heterocycles. The molecule has 2 aliphatic rings. The number of rotatable bonds is 3. The van der Waals surface area contributed by atoms with E-state index in [4.69, 9.17) is 5.73 Å². The Labute approximate surface area is 187 Å². The Morgan fingerprint density at radius 2 is 1.78 bits per heavy atom. The highest BCUT2D eigenvalue weighted by Crippen LogP contribution is 2.32. The second-order valence-corrected chi connectivity index (χ2v) is 8.29. The largest absolute Gasteiger partial charge is 0.507 e. The third-order valence-electron chi connectivity index (χ3n) is 5.91. The topological polar surface area (TPSA) is 91.4 Å². The van der Waals surface area contributed by atoms with Crippen molar-refractivity contribution in [2.45, 2.75) is 19.3 Å². The maximum atomic E-state index is 10.2. The van der Waals surface area contributed by atoms with Crippen LogP contribution in [0.25, 0.3) is 11.3 Å². The summed E-state index contributed by atoms with van der Waals surface area (Å²) in [5, 5.41) is 18.6. The average molecular weight is 427 g/mol. The van der Waals surface area contributed by atoms with Gasteiger partial charge in [0.05, 0.1) is 11.4 Å². The number of phenolic OH excluding ortho intramolecular Hbond substituents is 1. The Bertz CT molecular complexity index is 1180. The summed E-state index contributed by atoms with van der Waals surface area (Å²) in [4.78, 5) is 9.04. The summed E-state index contributed by atoms with van der Waals surface area (Å²) in [6.45, 7) is 3.47. The molecule has 0 unspecified atom stereocenters. The maximum Gasteiger partial charge on any atom is 0.169 e. The molecule has 1 saturated heterocycles. The summed E-state index contributed by atoms with van der Waals surface area (Å²) >= 11 is 0. The number of pyridine rings is 1. The van der Waals surface area contributed by atoms with Gasteiger partial charge >= 0.3 is 0 Å². The maximum absolute atomic E-state index is 10.2. The van der Waals surface area contributed by atoms with E-state index in [1.165, 1.54) is 12.8 Å². The predicted molar refractivity (Wildman–Crippen MR) is 126 cm³/mol. The summed E-state index contributed by atoms with van der Waals surface area (Å²) < 4.78 is 0. The van der Waals surface area contributed by atoms with Gasteiger partial charge in [-0.25, -0.2) is 4.98 Å². The molecule has 3 heterocycles. The van der Waals surface area contributed by atoms with Crippen LogP contribution < -0.4 is 15.5 Å². The number of hydrogen-bond donors (Lipinski definition) is 2. The van der Waals surface area contributed by atoms with Crippen molar-refractivity contribution in [2.75, 3.05) is 41.7 Å². The number of hydrogen-bond acceptors (Lipinski definition) is 7. The fraction of sp³-hybridized carbons (Fsp3) is 0.320. The van der Waals surface area contributed by atoms with Gasteiger partial charge in [0, 0.05) is 49.5 Å². The molecule has 1 aromatic carbocycles. The normalized spacial score (nSPS) is 16.2. The van der Waals surface area contributed by atoms with Crippen LogP contribution in [0.5, 0.6) is 5.75 Å². The van der Waals surface area contributed by atoms with Gasteiger partial charge in [0.2, 0.25) is 0 Å². The van der Waals surface area contributed by atoms with Crippen LogP contribution in [0, 0.1) is 17.8 Å².